The standard InChI is InChI=1S/C22H19FN4O3S2/c23-18-3-1-2-17(12-18)20-14-31-22(25-20)26-21(28)16-8-10-27(11-9-16)32(29,30)19-6-4-15(13-24)5-7-19/h1-7,12,14,16H,8-11H2,(H,25,26,28). The number of sulfonamides is 1. The fourth-order valence-electron chi connectivity index (χ4n) is 3.53. The molecule has 1 saturated heterocycles. The molecule has 3 aromatic rings. The molecule has 0 atom stereocenters. The van der Waals surface area contributed by atoms with Gasteiger partial charge in [-0.3, -0.25) is 4.79 Å². The Kier molecular flexibility index (Phi) is 6.32. The van der Waals surface area contributed by atoms with Crippen LogP contribution in [0.15, 0.2) is 58.8 Å². The zero-order valence-corrected chi connectivity index (χ0v) is 18.5. The Hall–Kier alpha value is -3.13. The van der Waals surface area contributed by atoms with Crippen LogP contribution < -0.4 is 5.32 Å². The lowest BCUT2D eigenvalue weighted by atomic mass is 9.97. The maximum absolute atomic E-state index is 13.4. The van der Waals surface area contributed by atoms with Crippen molar-refractivity contribution in [3.63, 3.8) is 0 Å². The number of nitrogens with zero attached hydrogens (tertiary/aromatic N) is 3. The first-order chi connectivity index (χ1) is 15.4. The van der Waals surface area contributed by atoms with E-state index in [1.54, 1.807) is 17.5 Å². The van der Waals surface area contributed by atoms with Crippen LogP contribution in [0, 0.1) is 23.1 Å². The fourth-order valence-corrected chi connectivity index (χ4v) is 5.72. The lowest BCUT2D eigenvalue weighted by Gasteiger charge is -2.30. The summed E-state index contributed by atoms with van der Waals surface area (Å²) >= 11 is 1.25. The molecule has 1 aliphatic heterocycles. The molecule has 4 rings (SSSR count). The number of hydrogen-bond donors (Lipinski definition) is 1. The molecular weight excluding hydrogens is 451 g/mol. The molecule has 164 valence electrons. The highest BCUT2D eigenvalue weighted by molar-refractivity contribution is 7.89. The summed E-state index contributed by atoms with van der Waals surface area (Å²) in [6.07, 6.45) is 0.785. The minimum absolute atomic E-state index is 0.132. The largest absolute Gasteiger partial charge is 0.302 e. The molecular formula is C22H19FN4O3S2. The summed E-state index contributed by atoms with van der Waals surface area (Å²) in [6.45, 7) is 0.458. The van der Waals surface area contributed by atoms with Gasteiger partial charge in [-0.05, 0) is 49.2 Å². The van der Waals surface area contributed by atoms with Crippen LogP contribution in [0.2, 0.25) is 0 Å². The Morgan fingerprint density at radius 3 is 2.56 bits per heavy atom. The van der Waals surface area contributed by atoms with Crippen molar-refractivity contribution in [1.29, 1.82) is 5.26 Å². The fraction of sp³-hybridized carbons (Fsp3) is 0.227. The Labute approximate surface area is 189 Å². The molecule has 0 saturated carbocycles. The molecule has 1 aromatic heterocycles. The third kappa shape index (κ3) is 4.70. The quantitative estimate of drug-likeness (QED) is 0.610. The summed E-state index contributed by atoms with van der Waals surface area (Å²) in [7, 11) is -3.67. The Bertz CT molecular complexity index is 1280. The van der Waals surface area contributed by atoms with E-state index in [1.807, 2.05) is 6.07 Å². The molecule has 0 bridgehead atoms. The van der Waals surface area contributed by atoms with Gasteiger partial charge in [0.15, 0.2) is 5.13 Å². The summed E-state index contributed by atoms with van der Waals surface area (Å²) in [5, 5.41) is 13.8. The first-order valence-electron chi connectivity index (χ1n) is 9.89. The van der Waals surface area contributed by atoms with E-state index in [9.17, 15) is 17.6 Å². The average Bonchev–Trinajstić information content (AvgIpc) is 3.27. The first-order valence-corrected chi connectivity index (χ1v) is 12.2. The third-order valence-electron chi connectivity index (χ3n) is 5.30. The predicted octanol–water partition coefficient (Wildman–Crippen LogP) is 3.86. The monoisotopic (exact) mass is 470 g/mol. The van der Waals surface area contributed by atoms with Crippen molar-refractivity contribution >= 4 is 32.4 Å². The predicted molar refractivity (Wildman–Crippen MR) is 119 cm³/mol. The highest BCUT2D eigenvalue weighted by Crippen LogP contribution is 2.28. The highest BCUT2D eigenvalue weighted by Gasteiger charge is 2.32. The maximum atomic E-state index is 13.4. The average molecular weight is 471 g/mol. The molecule has 1 amide bonds. The van der Waals surface area contributed by atoms with Gasteiger partial charge < -0.3 is 5.32 Å². The van der Waals surface area contributed by atoms with Gasteiger partial charge in [0.25, 0.3) is 0 Å². The van der Waals surface area contributed by atoms with E-state index < -0.39 is 10.0 Å². The van der Waals surface area contributed by atoms with Crippen LogP contribution in [0.4, 0.5) is 9.52 Å². The highest BCUT2D eigenvalue weighted by atomic mass is 32.2. The number of benzene rings is 2. The molecule has 0 unspecified atom stereocenters. The molecule has 10 heteroatoms. The summed E-state index contributed by atoms with van der Waals surface area (Å²) in [6, 6.07) is 13.8. The van der Waals surface area contributed by atoms with Crippen LogP contribution in [0.5, 0.6) is 0 Å². The molecule has 1 aliphatic rings. The number of nitriles is 1. The lowest BCUT2D eigenvalue weighted by molar-refractivity contribution is -0.120. The Balaban J connectivity index is 1.36. The Morgan fingerprint density at radius 2 is 1.91 bits per heavy atom. The summed E-state index contributed by atoms with van der Waals surface area (Å²) in [5.74, 6) is -0.895. The smallest absolute Gasteiger partial charge is 0.243 e. The van der Waals surface area contributed by atoms with Crippen molar-refractivity contribution in [2.45, 2.75) is 17.7 Å². The number of amides is 1. The van der Waals surface area contributed by atoms with Gasteiger partial charge in [-0.1, -0.05) is 12.1 Å². The van der Waals surface area contributed by atoms with E-state index in [0.29, 0.717) is 34.8 Å². The van der Waals surface area contributed by atoms with Crippen molar-refractivity contribution in [2.75, 3.05) is 18.4 Å². The zero-order chi connectivity index (χ0) is 22.7. The van der Waals surface area contributed by atoms with Crippen LogP contribution >= 0.6 is 11.3 Å². The van der Waals surface area contributed by atoms with E-state index >= 15 is 0 Å². The second-order valence-electron chi connectivity index (χ2n) is 7.35. The van der Waals surface area contributed by atoms with E-state index in [4.69, 9.17) is 5.26 Å². The molecule has 1 N–H and O–H groups in total. The van der Waals surface area contributed by atoms with Crippen molar-refractivity contribution in [3.05, 3.63) is 65.3 Å². The number of aromatic nitrogens is 1. The molecule has 2 aromatic carbocycles. The van der Waals surface area contributed by atoms with Crippen LogP contribution in [0.1, 0.15) is 18.4 Å². The molecule has 0 aliphatic carbocycles. The summed E-state index contributed by atoms with van der Waals surface area (Å²) in [5.41, 5.74) is 1.60. The Morgan fingerprint density at radius 1 is 1.19 bits per heavy atom. The van der Waals surface area contributed by atoms with Crippen LogP contribution in [0.25, 0.3) is 11.3 Å². The number of nitrogens with one attached hydrogen (secondary N) is 1. The SMILES string of the molecule is N#Cc1ccc(S(=O)(=O)N2CCC(C(=O)Nc3nc(-c4cccc(F)c4)cs3)CC2)cc1. The number of anilines is 1. The number of carbonyl (C=O) groups is 1. The van der Waals surface area contributed by atoms with Gasteiger partial charge in [0.1, 0.15) is 5.82 Å². The maximum Gasteiger partial charge on any atom is 0.243 e. The van der Waals surface area contributed by atoms with Crippen molar-refractivity contribution in [1.82, 2.24) is 9.29 Å². The van der Waals surface area contributed by atoms with Gasteiger partial charge in [0.05, 0.1) is 22.2 Å². The minimum atomic E-state index is -3.67. The van der Waals surface area contributed by atoms with E-state index in [1.165, 1.54) is 52.0 Å². The number of halogens is 1. The van der Waals surface area contributed by atoms with Crippen LogP contribution in [0.3, 0.4) is 0 Å². The lowest BCUT2D eigenvalue weighted by Crippen LogP contribution is -2.41. The molecule has 7 nitrogen and oxygen atoms in total. The van der Waals surface area contributed by atoms with Gasteiger partial charge >= 0.3 is 0 Å². The molecule has 1 fully saturated rings. The van der Waals surface area contributed by atoms with E-state index in [2.05, 4.69) is 10.3 Å². The van der Waals surface area contributed by atoms with Crippen molar-refractivity contribution in [3.8, 4) is 17.3 Å². The number of carbonyl (C=O) groups excluding carboxylic acids is 1. The van der Waals surface area contributed by atoms with Crippen LogP contribution in [-0.4, -0.2) is 36.7 Å². The zero-order valence-electron chi connectivity index (χ0n) is 16.9. The molecule has 32 heavy (non-hydrogen) atoms. The van der Waals surface area contributed by atoms with E-state index in [-0.39, 0.29) is 35.6 Å². The summed E-state index contributed by atoms with van der Waals surface area (Å²) < 4.78 is 40.4. The number of rotatable bonds is 5. The van der Waals surface area contributed by atoms with Gasteiger partial charge in [-0.25, -0.2) is 17.8 Å². The topological polar surface area (TPSA) is 103 Å². The third-order valence-corrected chi connectivity index (χ3v) is 7.97. The second-order valence-corrected chi connectivity index (χ2v) is 10.1. The molecule has 0 spiro atoms. The van der Waals surface area contributed by atoms with E-state index in [0.717, 1.165) is 0 Å². The minimum Gasteiger partial charge on any atom is -0.302 e. The first kappa shape index (κ1) is 22.1. The van der Waals surface area contributed by atoms with Crippen LogP contribution in [-0.2, 0) is 14.8 Å². The van der Waals surface area contributed by atoms with Gasteiger partial charge in [-0.15, -0.1) is 11.3 Å². The molecule has 2 heterocycles. The number of thiazole rings is 1. The van der Waals surface area contributed by atoms with Gasteiger partial charge in [-0.2, -0.15) is 9.57 Å². The van der Waals surface area contributed by atoms with Gasteiger partial charge in [0.2, 0.25) is 15.9 Å². The van der Waals surface area contributed by atoms with Crippen molar-refractivity contribution < 1.29 is 17.6 Å². The van der Waals surface area contributed by atoms with Gasteiger partial charge in [0, 0.05) is 30.0 Å². The number of hydrogen-bond acceptors (Lipinski definition) is 6. The summed E-state index contributed by atoms with van der Waals surface area (Å²) in [4.78, 5) is 17.1. The normalized spacial score (nSPS) is 15.2. The number of piperidine rings is 1. The second kappa shape index (κ2) is 9.16. The van der Waals surface area contributed by atoms with Crippen molar-refractivity contribution in [2.24, 2.45) is 5.92 Å². The molecule has 0 radical (unpaired) electrons.